The Balaban J connectivity index is 1.88. The number of nitrogens with zero attached hydrogens (tertiary/aromatic N) is 2. The molecule has 2 rings (SSSR count). The summed E-state index contributed by atoms with van der Waals surface area (Å²) in [7, 11) is 0. The first kappa shape index (κ1) is 19.2. The Hall–Kier alpha value is -2.10. The SMILES string of the molecule is C=C(C)C(=O)NCCCCCc1nc2ccccc2n1CCC(C)C. The summed E-state index contributed by atoms with van der Waals surface area (Å²) in [5, 5.41) is 2.89. The van der Waals surface area contributed by atoms with E-state index in [1.54, 1.807) is 6.92 Å². The van der Waals surface area contributed by atoms with Crippen molar-refractivity contribution in [2.75, 3.05) is 6.54 Å². The Bertz CT molecular complexity index is 715. The molecule has 1 N–H and O–H groups in total. The Labute approximate surface area is 151 Å². The zero-order valence-electron chi connectivity index (χ0n) is 15.8. The first-order valence-corrected chi connectivity index (χ1v) is 9.37. The number of unbranched alkanes of at least 4 members (excludes halogenated alkanes) is 2. The van der Waals surface area contributed by atoms with Crippen LogP contribution in [0, 0.1) is 5.92 Å². The molecule has 4 nitrogen and oxygen atoms in total. The number of aryl methyl sites for hydroxylation is 2. The van der Waals surface area contributed by atoms with Crippen molar-refractivity contribution in [2.24, 2.45) is 5.92 Å². The maximum atomic E-state index is 11.4. The zero-order chi connectivity index (χ0) is 18.2. The summed E-state index contributed by atoms with van der Waals surface area (Å²) < 4.78 is 2.39. The summed E-state index contributed by atoms with van der Waals surface area (Å²) in [4.78, 5) is 16.3. The minimum Gasteiger partial charge on any atom is -0.352 e. The van der Waals surface area contributed by atoms with Gasteiger partial charge in [0, 0.05) is 25.1 Å². The lowest BCUT2D eigenvalue weighted by Crippen LogP contribution is -2.24. The zero-order valence-corrected chi connectivity index (χ0v) is 15.8. The quantitative estimate of drug-likeness (QED) is 0.511. The summed E-state index contributed by atoms with van der Waals surface area (Å²) in [5.74, 6) is 1.83. The Morgan fingerprint density at radius 2 is 2.00 bits per heavy atom. The van der Waals surface area contributed by atoms with Crippen LogP contribution in [0.25, 0.3) is 11.0 Å². The first-order chi connectivity index (χ1) is 12.0. The predicted octanol–water partition coefficient (Wildman–Crippen LogP) is 4.49. The van der Waals surface area contributed by atoms with Crippen molar-refractivity contribution in [3.05, 3.63) is 42.2 Å². The molecular weight excluding hydrogens is 310 g/mol. The van der Waals surface area contributed by atoms with E-state index in [1.165, 1.54) is 17.8 Å². The lowest BCUT2D eigenvalue weighted by molar-refractivity contribution is -0.117. The molecule has 25 heavy (non-hydrogen) atoms. The molecule has 0 unspecified atom stereocenters. The van der Waals surface area contributed by atoms with Crippen LogP contribution in [0.15, 0.2) is 36.4 Å². The van der Waals surface area contributed by atoms with E-state index in [0.717, 1.165) is 44.3 Å². The molecule has 0 atom stereocenters. The van der Waals surface area contributed by atoms with Gasteiger partial charge in [0.2, 0.25) is 5.91 Å². The maximum Gasteiger partial charge on any atom is 0.246 e. The van der Waals surface area contributed by atoms with E-state index < -0.39 is 0 Å². The molecule has 0 radical (unpaired) electrons. The average Bonchev–Trinajstić information content (AvgIpc) is 2.93. The summed E-state index contributed by atoms with van der Waals surface area (Å²) >= 11 is 0. The second kappa shape index (κ2) is 9.40. The maximum absolute atomic E-state index is 11.4. The lowest BCUT2D eigenvalue weighted by atomic mass is 10.1. The van der Waals surface area contributed by atoms with Crippen molar-refractivity contribution in [1.29, 1.82) is 0 Å². The molecule has 0 saturated carbocycles. The van der Waals surface area contributed by atoms with Gasteiger partial charge in [-0.3, -0.25) is 4.79 Å². The van der Waals surface area contributed by atoms with Crippen LogP contribution >= 0.6 is 0 Å². The monoisotopic (exact) mass is 341 g/mol. The highest BCUT2D eigenvalue weighted by Gasteiger charge is 2.10. The number of hydrogen-bond donors (Lipinski definition) is 1. The molecule has 4 heteroatoms. The summed E-state index contributed by atoms with van der Waals surface area (Å²) in [6.45, 7) is 11.7. The predicted molar refractivity (Wildman–Crippen MR) is 105 cm³/mol. The molecule has 0 aliphatic carbocycles. The second-order valence-corrected chi connectivity index (χ2v) is 7.20. The van der Waals surface area contributed by atoms with Crippen LogP contribution in [0.2, 0.25) is 0 Å². The molecule has 1 heterocycles. The standard InChI is InChI=1S/C21H31N3O/c1-16(2)13-15-24-19-11-8-7-10-18(19)23-20(24)12-6-5-9-14-22-21(25)17(3)4/h7-8,10-11,16H,3,5-6,9,12-15H2,1-2,4H3,(H,22,25). The van der Waals surface area contributed by atoms with E-state index in [0.29, 0.717) is 11.5 Å². The minimum absolute atomic E-state index is 0.0459. The normalized spacial score (nSPS) is 11.2. The van der Waals surface area contributed by atoms with E-state index in [1.807, 2.05) is 0 Å². The van der Waals surface area contributed by atoms with Gasteiger partial charge in [0.25, 0.3) is 0 Å². The van der Waals surface area contributed by atoms with Gasteiger partial charge in [-0.05, 0) is 44.2 Å². The van der Waals surface area contributed by atoms with Crippen LogP contribution in [0.5, 0.6) is 0 Å². The Morgan fingerprint density at radius 3 is 2.72 bits per heavy atom. The molecule has 0 fully saturated rings. The van der Waals surface area contributed by atoms with E-state index in [4.69, 9.17) is 4.98 Å². The number of benzene rings is 1. The number of hydrogen-bond acceptors (Lipinski definition) is 2. The molecule has 1 aromatic heterocycles. The van der Waals surface area contributed by atoms with Gasteiger partial charge >= 0.3 is 0 Å². The number of imidazole rings is 1. The third-order valence-corrected chi connectivity index (χ3v) is 4.41. The van der Waals surface area contributed by atoms with Crippen molar-refractivity contribution in [2.45, 2.75) is 59.4 Å². The summed E-state index contributed by atoms with van der Waals surface area (Å²) in [6.07, 6.45) is 5.32. The lowest BCUT2D eigenvalue weighted by Gasteiger charge is -2.11. The third-order valence-electron chi connectivity index (χ3n) is 4.41. The average molecular weight is 341 g/mol. The van der Waals surface area contributed by atoms with E-state index >= 15 is 0 Å². The summed E-state index contributed by atoms with van der Waals surface area (Å²) in [5.41, 5.74) is 2.90. The third kappa shape index (κ3) is 5.73. The molecule has 0 aliphatic heterocycles. The van der Waals surface area contributed by atoms with Crippen molar-refractivity contribution >= 4 is 16.9 Å². The highest BCUT2D eigenvalue weighted by molar-refractivity contribution is 5.92. The molecule has 2 aromatic rings. The molecule has 1 amide bonds. The van der Waals surface area contributed by atoms with Gasteiger partial charge in [-0.2, -0.15) is 0 Å². The molecule has 0 saturated heterocycles. The van der Waals surface area contributed by atoms with Crippen molar-refractivity contribution in [3.8, 4) is 0 Å². The molecule has 0 spiro atoms. The number of fused-ring (bicyclic) bond motifs is 1. The highest BCUT2D eigenvalue weighted by atomic mass is 16.1. The van der Waals surface area contributed by atoms with Gasteiger partial charge in [0.05, 0.1) is 11.0 Å². The number of carbonyl (C=O) groups excluding carboxylic acids is 1. The number of carbonyl (C=O) groups is 1. The fourth-order valence-corrected chi connectivity index (χ4v) is 2.89. The van der Waals surface area contributed by atoms with Crippen molar-refractivity contribution in [1.82, 2.24) is 14.9 Å². The van der Waals surface area contributed by atoms with Crippen LogP contribution in [0.3, 0.4) is 0 Å². The van der Waals surface area contributed by atoms with Crippen LogP contribution < -0.4 is 5.32 Å². The van der Waals surface area contributed by atoms with Gasteiger partial charge in [-0.25, -0.2) is 4.98 Å². The largest absolute Gasteiger partial charge is 0.352 e. The van der Waals surface area contributed by atoms with Gasteiger partial charge in [-0.15, -0.1) is 0 Å². The molecule has 1 aromatic carbocycles. The minimum atomic E-state index is -0.0459. The Morgan fingerprint density at radius 1 is 1.24 bits per heavy atom. The highest BCUT2D eigenvalue weighted by Crippen LogP contribution is 2.19. The van der Waals surface area contributed by atoms with E-state index in [-0.39, 0.29) is 5.91 Å². The number of nitrogens with one attached hydrogen (secondary N) is 1. The second-order valence-electron chi connectivity index (χ2n) is 7.20. The van der Waals surface area contributed by atoms with E-state index in [9.17, 15) is 4.79 Å². The van der Waals surface area contributed by atoms with Crippen LogP contribution in [0.1, 0.15) is 52.3 Å². The van der Waals surface area contributed by atoms with Crippen molar-refractivity contribution < 1.29 is 4.79 Å². The molecule has 136 valence electrons. The number of para-hydroxylation sites is 2. The number of amides is 1. The fraction of sp³-hybridized carbons (Fsp3) is 0.524. The van der Waals surface area contributed by atoms with Gasteiger partial charge in [0.15, 0.2) is 0 Å². The molecule has 0 aliphatic rings. The first-order valence-electron chi connectivity index (χ1n) is 9.37. The van der Waals surface area contributed by atoms with Gasteiger partial charge in [0.1, 0.15) is 5.82 Å². The van der Waals surface area contributed by atoms with Gasteiger partial charge < -0.3 is 9.88 Å². The fourth-order valence-electron chi connectivity index (χ4n) is 2.89. The number of aromatic nitrogens is 2. The molecular formula is C21H31N3O. The molecule has 0 bridgehead atoms. The summed E-state index contributed by atoms with van der Waals surface area (Å²) in [6, 6.07) is 8.40. The smallest absolute Gasteiger partial charge is 0.246 e. The van der Waals surface area contributed by atoms with E-state index in [2.05, 4.69) is 54.6 Å². The van der Waals surface area contributed by atoms with Gasteiger partial charge in [-0.1, -0.05) is 39.0 Å². The van der Waals surface area contributed by atoms with Crippen molar-refractivity contribution in [3.63, 3.8) is 0 Å². The Kier molecular flexibility index (Phi) is 7.23. The van der Waals surface area contributed by atoms with Crippen LogP contribution in [0.4, 0.5) is 0 Å². The van der Waals surface area contributed by atoms with Crippen LogP contribution in [-0.2, 0) is 17.8 Å². The van der Waals surface area contributed by atoms with Crippen LogP contribution in [-0.4, -0.2) is 22.0 Å². The topological polar surface area (TPSA) is 46.9 Å². The number of rotatable bonds is 10.